The fourth-order valence-corrected chi connectivity index (χ4v) is 1.97. The molecule has 4 heteroatoms. The number of ether oxygens (including phenoxy) is 1. The molecule has 1 N–H and O–H groups in total. The van der Waals surface area contributed by atoms with Crippen molar-refractivity contribution in [2.45, 2.75) is 19.4 Å². The standard InChI is InChI=1S/C10H17NO2S/c1-3-9(10-5-4-8-14-10)11-13-7-6-12-2/h4-5,8-9,11H,3,6-7H2,1-2H3. The summed E-state index contributed by atoms with van der Waals surface area (Å²) >= 11 is 1.75. The van der Waals surface area contributed by atoms with Crippen molar-refractivity contribution in [1.29, 1.82) is 0 Å². The molecule has 0 aliphatic carbocycles. The van der Waals surface area contributed by atoms with Crippen molar-refractivity contribution in [2.24, 2.45) is 0 Å². The minimum absolute atomic E-state index is 0.298. The van der Waals surface area contributed by atoms with E-state index in [1.807, 2.05) is 0 Å². The van der Waals surface area contributed by atoms with Crippen molar-refractivity contribution in [3.05, 3.63) is 22.4 Å². The first-order valence-corrected chi connectivity index (χ1v) is 5.66. The smallest absolute Gasteiger partial charge is 0.0916 e. The van der Waals surface area contributed by atoms with E-state index in [9.17, 15) is 0 Å². The quantitative estimate of drug-likeness (QED) is 0.559. The predicted octanol–water partition coefficient (Wildman–Crippen LogP) is 2.37. The van der Waals surface area contributed by atoms with Crippen LogP contribution in [0.1, 0.15) is 24.3 Å². The number of nitrogens with one attached hydrogen (secondary N) is 1. The second kappa shape index (κ2) is 6.95. The number of hydrogen-bond acceptors (Lipinski definition) is 4. The van der Waals surface area contributed by atoms with Crippen LogP contribution in [0.2, 0.25) is 0 Å². The van der Waals surface area contributed by atoms with Crippen LogP contribution in [0.3, 0.4) is 0 Å². The van der Waals surface area contributed by atoms with Gasteiger partial charge in [0.25, 0.3) is 0 Å². The Bertz CT molecular complexity index is 226. The van der Waals surface area contributed by atoms with Crippen molar-refractivity contribution >= 4 is 11.3 Å². The van der Waals surface area contributed by atoms with Crippen LogP contribution in [0.5, 0.6) is 0 Å². The zero-order valence-corrected chi connectivity index (χ0v) is 9.47. The molecule has 14 heavy (non-hydrogen) atoms. The largest absolute Gasteiger partial charge is 0.382 e. The van der Waals surface area contributed by atoms with Crippen LogP contribution >= 0.6 is 11.3 Å². The second-order valence-corrected chi connectivity index (χ2v) is 3.91. The molecule has 0 radical (unpaired) electrons. The van der Waals surface area contributed by atoms with Gasteiger partial charge in [-0.05, 0) is 17.9 Å². The molecular formula is C10H17NO2S. The molecule has 0 saturated carbocycles. The molecule has 1 unspecified atom stereocenters. The van der Waals surface area contributed by atoms with E-state index in [1.54, 1.807) is 18.4 Å². The van der Waals surface area contributed by atoms with Crippen LogP contribution in [0.15, 0.2) is 17.5 Å². The Kier molecular flexibility index (Phi) is 5.78. The monoisotopic (exact) mass is 215 g/mol. The molecule has 0 fully saturated rings. The van der Waals surface area contributed by atoms with Crippen LogP contribution in [-0.2, 0) is 9.57 Å². The van der Waals surface area contributed by atoms with Gasteiger partial charge < -0.3 is 4.74 Å². The molecule has 3 nitrogen and oxygen atoms in total. The summed E-state index contributed by atoms with van der Waals surface area (Å²) in [5.41, 5.74) is 3.04. The molecule has 1 atom stereocenters. The molecule has 0 aliphatic heterocycles. The number of rotatable bonds is 7. The third-order valence-corrected chi connectivity index (χ3v) is 2.90. The van der Waals surface area contributed by atoms with Gasteiger partial charge in [0.05, 0.1) is 19.3 Å². The fourth-order valence-electron chi connectivity index (χ4n) is 1.12. The molecule has 80 valence electrons. The Morgan fingerprint density at radius 1 is 1.50 bits per heavy atom. The van der Waals surface area contributed by atoms with Crippen molar-refractivity contribution in [3.8, 4) is 0 Å². The van der Waals surface area contributed by atoms with E-state index in [-0.39, 0.29) is 0 Å². The van der Waals surface area contributed by atoms with Gasteiger partial charge in [0, 0.05) is 12.0 Å². The van der Waals surface area contributed by atoms with E-state index in [2.05, 4.69) is 29.9 Å². The Labute approximate surface area is 89.0 Å². The summed E-state index contributed by atoms with van der Waals surface area (Å²) in [4.78, 5) is 6.59. The zero-order valence-electron chi connectivity index (χ0n) is 8.66. The molecule has 0 amide bonds. The van der Waals surface area contributed by atoms with Crippen molar-refractivity contribution in [2.75, 3.05) is 20.3 Å². The summed E-state index contributed by atoms with van der Waals surface area (Å²) < 4.78 is 4.89. The maximum absolute atomic E-state index is 5.28. The van der Waals surface area contributed by atoms with E-state index < -0.39 is 0 Å². The third-order valence-electron chi connectivity index (χ3n) is 1.91. The minimum Gasteiger partial charge on any atom is -0.382 e. The van der Waals surface area contributed by atoms with Crippen molar-refractivity contribution < 1.29 is 9.57 Å². The summed E-state index contributed by atoms with van der Waals surface area (Å²) in [6.45, 7) is 3.34. The highest BCUT2D eigenvalue weighted by Gasteiger charge is 2.08. The average molecular weight is 215 g/mol. The highest BCUT2D eigenvalue weighted by Crippen LogP contribution is 2.21. The highest BCUT2D eigenvalue weighted by atomic mass is 32.1. The Morgan fingerprint density at radius 3 is 2.93 bits per heavy atom. The molecule has 0 spiro atoms. The molecule has 1 aromatic rings. The van der Waals surface area contributed by atoms with Gasteiger partial charge in [-0.2, -0.15) is 5.48 Å². The lowest BCUT2D eigenvalue weighted by atomic mass is 10.2. The summed E-state index contributed by atoms with van der Waals surface area (Å²) in [6.07, 6.45) is 1.02. The van der Waals surface area contributed by atoms with Crippen molar-refractivity contribution in [3.63, 3.8) is 0 Å². The molecule has 0 aliphatic rings. The first kappa shape index (κ1) is 11.7. The molecule has 1 rings (SSSR count). The molecule has 0 saturated heterocycles. The first-order chi connectivity index (χ1) is 6.88. The summed E-state index contributed by atoms with van der Waals surface area (Å²) in [5.74, 6) is 0. The van der Waals surface area contributed by atoms with Gasteiger partial charge in [-0.3, -0.25) is 4.84 Å². The van der Waals surface area contributed by atoms with Gasteiger partial charge >= 0.3 is 0 Å². The lowest BCUT2D eigenvalue weighted by Crippen LogP contribution is -2.22. The Hall–Kier alpha value is -0.420. The van der Waals surface area contributed by atoms with Gasteiger partial charge in [-0.15, -0.1) is 11.3 Å². The summed E-state index contributed by atoms with van der Waals surface area (Å²) in [6, 6.07) is 4.47. The van der Waals surface area contributed by atoms with Gasteiger partial charge in [-0.1, -0.05) is 13.0 Å². The van der Waals surface area contributed by atoms with Gasteiger partial charge in [-0.25, -0.2) is 0 Å². The maximum Gasteiger partial charge on any atom is 0.0916 e. The second-order valence-electron chi connectivity index (χ2n) is 2.94. The maximum atomic E-state index is 5.28. The van der Waals surface area contributed by atoms with Crippen molar-refractivity contribution in [1.82, 2.24) is 5.48 Å². The van der Waals surface area contributed by atoms with Gasteiger partial charge in [0.2, 0.25) is 0 Å². The SMILES string of the molecule is CCC(NOCCOC)c1cccs1. The summed E-state index contributed by atoms with van der Waals surface area (Å²) in [7, 11) is 1.67. The molecule has 1 heterocycles. The average Bonchev–Trinajstić information content (AvgIpc) is 2.71. The van der Waals surface area contributed by atoms with E-state index >= 15 is 0 Å². The fraction of sp³-hybridized carbons (Fsp3) is 0.600. The predicted molar refractivity (Wildman–Crippen MR) is 58.3 cm³/mol. The topological polar surface area (TPSA) is 30.5 Å². The van der Waals surface area contributed by atoms with Crippen LogP contribution in [-0.4, -0.2) is 20.3 Å². The first-order valence-electron chi connectivity index (χ1n) is 4.78. The van der Waals surface area contributed by atoms with Crippen LogP contribution in [0, 0.1) is 0 Å². The lowest BCUT2D eigenvalue weighted by Gasteiger charge is -2.14. The third kappa shape index (κ3) is 3.75. The number of hydrogen-bond donors (Lipinski definition) is 1. The van der Waals surface area contributed by atoms with E-state index in [4.69, 9.17) is 9.57 Å². The van der Waals surface area contributed by atoms with Gasteiger partial charge in [0.15, 0.2) is 0 Å². The number of hydroxylamine groups is 1. The zero-order chi connectivity index (χ0) is 10.2. The molecule has 0 aromatic carbocycles. The number of thiophene rings is 1. The lowest BCUT2D eigenvalue weighted by molar-refractivity contribution is -0.0125. The molecular weight excluding hydrogens is 198 g/mol. The molecule has 0 bridgehead atoms. The highest BCUT2D eigenvalue weighted by molar-refractivity contribution is 7.10. The van der Waals surface area contributed by atoms with Gasteiger partial charge in [0.1, 0.15) is 0 Å². The van der Waals surface area contributed by atoms with Crippen LogP contribution in [0.4, 0.5) is 0 Å². The van der Waals surface area contributed by atoms with E-state index in [0.29, 0.717) is 19.3 Å². The van der Waals surface area contributed by atoms with E-state index in [1.165, 1.54) is 4.88 Å². The molecule has 1 aromatic heterocycles. The van der Waals surface area contributed by atoms with Crippen LogP contribution < -0.4 is 5.48 Å². The van der Waals surface area contributed by atoms with E-state index in [0.717, 1.165) is 6.42 Å². The Balaban J connectivity index is 2.26. The minimum atomic E-state index is 0.298. The van der Waals surface area contributed by atoms with Crippen LogP contribution in [0.25, 0.3) is 0 Å². The number of methoxy groups -OCH3 is 1. The Morgan fingerprint density at radius 2 is 2.36 bits per heavy atom. The summed E-state index contributed by atoms with van der Waals surface area (Å²) in [5, 5.41) is 2.08. The normalized spacial score (nSPS) is 13.0.